The summed E-state index contributed by atoms with van der Waals surface area (Å²) in [4.78, 5) is 9.32. The second kappa shape index (κ2) is 5.66. The summed E-state index contributed by atoms with van der Waals surface area (Å²) in [7, 11) is 2.15. The fourth-order valence-electron chi connectivity index (χ4n) is 3.22. The average molecular weight is 296 g/mol. The molecule has 0 aromatic carbocycles. The van der Waals surface area contributed by atoms with Gasteiger partial charge in [-0.2, -0.15) is 16.7 Å². The molecule has 0 aliphatic carbocycles. The first kappa shape index (κ1) is 14.4. The summed E-state index contributed by atoms with van der Waals surface area (Å²) < 4.78 is 5.82. The highest BCUT2D eigenvalue weighted by atomic mass is 32.2. The van der Waals surface area contributed by atoms with Crippen molar-refractivity contribution in [2.24, 2.45) is 0 Å². The first-order chi connectivity index (χ1) is 9.56. The fourth-order valence-corrected chi connectivity index (χ4v) is 4.57. The van der Waals surface area contributed by atoms with Crippen molar-refractivity contribution in [2.45, 2.75) is 37.5 Å². The molecule has 0 N–H and O–H groups in total. The van der Waals surface area contributed by atoms with Crippen molar-refractivity contribution >= 4 is 11.8 Å². The number of likely N-dealkylation sites (N-methyl/N-ethyl adjacent to an activating group) is 1. The molecule has 6 heteroatoms. The second-order valence-electron chi connectivity index (χ2n) is 6.31. The maximum atomic E-state index is 5.38. The van der Waals surface area contributed by atoms with Gasteiger partial charge in [0.1, 0.15) is 6.04 Å². The third-order valence-electron chi connectivity index (χ3n) is 4.42. The summed E-state index contributed by atoms with van der Waals surface area (Å²) >= 11 is 2.13. The zero-order valence-electron chi connectivity index (χ0n) is 12.6. The molecule has 2 aliphatic rings. The standard InChI is InChI=1S/C14H24N4OS/c1-11-15-13(19-16-11)12-9-18(7-6-17(12)3)10-14(2)5-4-8-20-14/h12H,4-10H2,1-3H3/t12-,14-/m1/s1. The van der Waals surface area contributed by atoms with Crippen LogP contribution in [0.2, 0.25) is 0 Å². The topological polar surface area (TPSA) is 45.4 Å². The van der Waals surface area contributed by atoms with E-state index in [2.05, 4.69) is 45.7 Å². The molecule has 5 nitrogen and oxygen atoms in total. The molecular weight excluding hydrogens is 272 g/mol. The molecule has 20 heavy (non-hydrogen) atoms. The Morgan fingerprint density at radius 3 is 2.95 bits per heavy atom. The Labute approximate surface area is 125 Å². The van der Waals surface area contributed by atoms with Crippen molar-refractivity contribution in [1.29, 1.82) is 0 Å². The number of aromatic nitrogens is 2. The quantitative estimate of drug-likeness (QED) is 0.849. The van der Waals surface area contributed by atoms with E-state index in [-0.39, 0.29) is 6.04 Å². The monoisotopic (exact) mass is 296 g/mol. The van der Waals surface area contributed by atoms with Crippen LogP contribution in [0.4, 0.5) is 0 Å². The highest BCUT2D eigenvalue weighted by Gasteiger charge is 2.36. The Bertz CT molecular complexity index is 458. The van der Waals surface area contributed by atoms with Crippen LogP contribution >= 0.6 is 11.8 Å². The number of aryl methyl sites for hydroxylation is 1. The smallest absolute Gasteiger partial charge is 0.245 e. The van der Waals surface area contributed by atoms with E-state index in [1.807, 2.05) is 6.92 Å². The van der Waals surface area contributed by atoms with Crippen LogP contribution in [-0.2, 0) is 0 Å². The number of rotatable bonds is 3. The lowest BCUT2D eigenvalue weighted by Crippen LogP contribution is -2.50. The number of nitrogens with zero attached hydrogens (tertiary/aromatic N) is 4. The van der Waals surface area contributed by atoms with Crippen LogP contribution in [0.3, 0.4) is 0 Å². The number of hydrogen-bond donors (Lipinski definition) is 0. The highest BCUT2D eigenvalue weighted by molar-refractivity contribution is 8.00. The van der Waals surface area contributed by atoms with E-state index in [0.29, 0.717) is 4.75 Å². The van der Waals surface area contributed by atoms with Gasteiger partial charge in [-0.25, -0.2) is 0 Å². The summed E-state index contributed by atoms with van der Waals surface area (Å²) in [5.74, 6) is 2.80. The Hall–Kier alpha value is -0.590. The van der Waals surface area contributed by atoms with E-state index in [0.717, 1.165) is 31.3 Å². The normalized spacial score (nSPS) is 32.9. The van der Waals surface area contributed by atoms with Gasteiger partial charge in [-0.3, -0.25) is 9.80 Å². The van der Waals surface area contributed by atoms with Crippen LogP contribution in [0.5, 0.6) is 0 Å². The van der Waals surface area contributed by atoms with Crippen molar-refractivity contribution < 1.29 is 4.52 Å². The van der Waals surface area contributed by atoms with Gasteiger partial charge in [-0.15, -0.1) is 0 Å². The van der Waals surface area contributed by atoms with Gasteiger partial charge in [0.2, 0.25) is 5.89 Å². The molecule has 0 amide bonds. The number of hydrogen-bond acceptors (Lipinski definition) is 6. The Balaban J connectivity index is 1.66. The minimum absolute atomic E-state index is 0.236. The van der Waals surface area contributed by atoms with Gasteiger partial charge in [0.25, 0.3) is 0 Å². The zero-order chi connectivity index (χ0) is 14.2. The summed E-state index contributed by atoms with van der Waals surface area (Å²) in [6.07, 6.45) is 2.70. The molecule has 1 aromatic heterocycles. The van der Waals surface area contributed by atoms with Crippen molar-refractivity contribution in [3.05, 3.63) is 11.7 Å². The lowest BCUT2D eigenvalue weighted by Gasteiger charge is -2.40. The zero-order valence-corrected chi connectivity index (χ0v) is 13.4. The van der Waals surface area contributed by atoms with Gasteiger partial charge in [0, 0.05) is 30.9 Å². The molecule has 2 atom stereocenters. The molecule has 112 valence electrons. The van der Waals surface area contributed by atoms with Gasteiger partial charge >= 0.3 is 0 Å². The molecule has 1 aromatic rings. The third-order valence-corrected chi connectivity index (χ3v) is 5.94. The SMILES string of the molecule is Cc1noc([C@H]2CN(C[C@@]3(C)CCCS3)CCN2C)n1. The van der Waals surface area contributed by atoms with Crippen LogP contribution in [0.25, 0.3) is 0 Å². The lowest BCUT2D eigenvalue weighted by molar-refractivity contribution is 0.0706. The average Bonchev–Trinajstić information content (AvgIpc) is 3.01. The van der Waals surface area contributed by atoms with E-state index in [9.17, 15) is 0 Å². The molecule has 0 radical (unpaired) electrons. The van der Waals surface area contributed by atoms with Crippen molar-refractivity contribution in [3.63, 3.8) is 0 Å². The predicted octanol–water partition coefficient (Wildman–Crippen LogP) is 1.95. The lowest BCUT2D eigenvalue weighted by atomic mass is 10.0. The molecule has 0 spiro atoms. The minimum Gasteiger partial charge on any atom is -0.338 e. The maximum Gasteiger partial charge on any atom is 0.245 e. The number of thioether (sulfide) groups is 1. The van der Waals surface area contributed by atoms with Gasteiger partial charge in [-0.1, -0.05) is 5.16 Å². The first-order valence-electron chi connectivity index (χ1n) is 7.42. The first-order valence-corrected chi connectivity index (χ1v) is 8.41. The summed E-state index contributed by atoms with van der Waals surface area (Å²) in [5.41, 5.74) is 0. The Kier molecular flexibility index (Phi) is 4.06. The predicted molar refractivity (Wildman–Crippen MR) is 80.9 cm³/mol. The van der Waals surface area contributed by atoms with Crippen LogP contribution in [-0.4, -0.2) is 63.7 Å². The fraction of sp³-hybridized carbons (Fsp3) is 0.857. The minimum atomic E-state index is 0.236. The van der Waals surface area contributed by atoms with E-state index in [1.54, 1.807) is 0 Å². The van der Waals surface area contributed by atoms with Gasteiger partial charge in [0.05, 0.1) is 0 Å². The van der Waals surface area contributed by atoms with Crippen molar-refractivity contribution in [1.82, 2.24) is 19.9 Å². The molecule has 2 fully saturated rings. The largest absolute Gasteiger partial charge is 0.338 e. The third kappa shape index (κ3) is 3.02. The van der Waals surface area contributed by atoms with Crippen LogP contribution < -0.4 is 0 Å². The van der Waals surface area contributed by atoms with Crippen LogP contribution in [0.1, 0.15) is 37.5 Å². The highest BCUT2D eigenvalue weighted by Crippen LogP contribution is 2.39. The van der Waals surface area contributed by atoms with E-state index in [4.69, 9.17) is 4.52 Å². The molecule has 3 heterocycles. The van der Waals surface area contributed by atoms with E-state index in [1.165, 1.54) is 25.1 Å². The van der Waals surface area contributed by atoms with Gasteiger partial charge in [-0.05, 0) is 39.5 Å². The van der Waals surface area contributed by atoms with Crippen molar-refractivity contribution in [3.8, 4) is 0 Å². The summed E-state index contributed by atoms with van der Waals surface area (Å²) in [6, 6.07) is 0.236. The van der Waals surface area contributed by atoms with Crippen LogP contribution in [0, 0.1) is 6.92 Å². The van der Waals surface area contributed by atoms with E-state index >= 15 is 0 Å². The molecule has 2 aliphatic heterocycles. The number of piperazine rings is 1. The van der Waals surface area contributed by atoms with Gasteiger partial charge < -0.3 is 4.52 Å². The summed E-state index contributed by atoms with van der Waals surface area (Å²) in [5, 5.41) is 3.93. The molecule has 0 unspecified atom stereocenters. The molecule has 0 saturated carbocycles. The second-order valence-corrected chi connectivity index (χ2v) is 8.00. The molecular formula is C14H24N4OS. The molecule has 0 bridgehead atoms. The van der Waals surface area contributed by atoms with E-state index < -0.39 is 0 Å². The Morgan fingerprint density at radius 1 is 1.45 bits per heavy atom. The van der Waals surface area contributed by atoms with Gasteiger partial charge in [0.15, 0.2) is 5.82 Å². The maximum absolute atomic E-state index is 5.38. The Morgan fingerprint density at radius 2 is 2.30 bits per heavy atom. The van der Waals surface area contributed by atoms with Crippen LogP contribution in [0.15, 0.2) is 4.52 Å². The molecule has 2 saturated heterocycles. The summed E-state index contributed by atoms with van der Waals surface area (Å²) in [6.45, 7) is 8.66. The van der Waals surface area contributed by atoms with Crippen molar-refractivity contribution in [2.75, 3.05) is 39.0 Å². The molecule has 3 rings (SSSR count).